The Kier molecular flexibility index (Phi) is 9.06. The lowest BCUT2D eigenvalue weighted by Crippen LogP contribution is -2.17. The first-order valence-corrected chi connectivity index (χ1v) is 6.48. The van der Waals surface area contributed by atoms with Crippen molar-refractivity contribution in [3.8, 4) is 0 Å². The first-order chi connectivity index (χ1) is 8.16. The van der Waals surface area contributed by atoms with Crippen LogP contribution in [0, 0.1) is 6.92 Å². The van der Waals surface area contributed by atoms with Crippen LogP contribution in [0.4, 0.5) is 0 Å². The van der Waals surface area contributed by atoms with Gasteiger partial charge in [0.15, 0.2) is 0 Å². The van der Waals surface area contributed by atoms with Crippen molar-refractivity contribution in [1.82, 2.24) is 15.1 Å². The summed E-state index contributed by atoms with van der Waals surface area (Å²) in [7, 11) is 0. The van der Waals surface area contributed by atoms with Crippen LogP contribution in [0.5, 0.6) is 0 Å². The fourth-order valence-electron chi connectivity index (χ4n) is 1.82. The number of halogens is 1. The van der Waals surface area contributed by atoms with Crippen LogP contribution in [0.3, 0.4) is 0 Å². The van der Waals surface area contributed by atoms with E-state index < -0.39 is 0 Å². The second kappa shape index (κ2) is 9.36. The molecule has 1 aromatic rings. The molecule has 0 aliphatic heterocycles. The normalized spacial score (nSPS) is 10.7. The van der Waals surface area contributed by atoms with Crippen LogP contribution in [0.1, 0.15) is 44.5 Å². The number of nitrogens with one attached hydrogen (secondary N) is 1. The zero-order valence-electron chi connectivity index (χ0n) is 11.9. The quantitative estimate of drug-likeness (QED) is 0.742. The van der Waals surface area contributed by atoms with E-state index in [0.717, 1.165) is 32.7 Å². The van der Waals surface area contributed by atoms with Crippen LogP contribution >= 0.6 is 12.4 Å². The van der Waals surface area contributed by atoms with E-state index in [1.807, 2.05) is 13.1 Å². The summed E-state index contributed by atoms with van der Waals surface area (Å²) in [5.41, 5.74) is 2.55. The maximum absolute atomic E-state index is 5.29. The van der Waals surface area contributed by atoms with Crippen LogP contribution < -0.4 is 5.32 Å². The third kappa shape index (κ3) is 5.38. The van der Waals surface area contributed by atoms with Crippen LogP contribution in [0.25, 0.3) is 0 Å². The van der Waals surface area contributed by atoms with Crippen molar-refractivity contribution in [3.63, 3.8) is 0 Å². The summed E-state index contributed by atoms with van der Waals surface area (Å²) in [6.07, 6.45) is 3.02. The van der Waals surface area contributed by atoms with Crippen LogP contribution in [0.2, 0.25) is 0 Å². The van der Waals surface area contributed by atoms with E-state index in [4.69, 9.17) is 4.74 Å². The summed E-state index contributed by atoms with van der Waals surface area (Å²) < 4.78 is 7.36. The second-order valence-corrected chi connectivity index (χ2v) is 4.52. The van der Waals surface area contributed by atoms with Crippen molar-refractivity contribution >= 4 is 12.4 Å². The summed E-state index contributed by atoms with van der Waals surface area (Å²) in [5, 5.41) is 7.82. The molecule has 4 nitrogen and oxygen atoms in total. The Morgan fingerprint density at radius 1 is 1.44 bits per heavy atom. The highest BCUT2D eigenvalue weighted by atomic mass is 35.5. The first kappa shape index (κ1) is 17.4. The highest BCUT2D eigenvalue weighted by molar-refractivity contribution is 5.85. The van der Waals surface area contributed by atoms with Gasteiger partial charge in [0.25, 0.3) is 0 Å². The van der Waals surface area contributed by atoms with Gasteiger partial charge in [-0.25, -0.2) is 0 Å². The minimum absolute atomic E-state index is 0. The minimum Gasteiger partial charge on any atom is -0.382 e. The second-order valence-electron chi connectivity index (χ2n) is 4.52. The van der Waals surface area contributed by atoms with E-state index in [2.05, 4.69) is 35.9 Å². The topological polar surface area (TPSA) is 39.1 Å². The molecule has 0 spiro atoms. The van der Waals surface area contributed by atoms with E-state index in [-0.39, 0.29) is 12.4 Å². The molecule has 106 valence electrons. The average Bonchev–Trinajstić information content (AvgIpc) is 2.65. The largest absolute Gasteiger partial charge is 0.382 e. The van der Waals surface area contributed by atoms with Gasteiger partial charge < -0.3 is 10.1 Å². The Morgan fingerprint density at radius 2 is 2.17 bits per heavy atom. The Morgan fingerprint density at radius 3 is 2.72 bits per heavy atom. The van der Waals surface area contributed by atoms with Gasteiger partial charge in [-0.1, -0.05) is 0 Å². The SMILES string of the molecule is CCOCCCNCc1cnn(C(C)C)c1C.Cl. The van der Waals surface area contributed by atoms with Crippen molar-refractivity contribution in [3.05, 3.63) is 17.5 Å². The Bertz CT molecular complexity index is 326. The molecule has 0 amide bonds. The zero-order chi connectivity index (χ0) is 12.7. The molecule has 0 unspecified atom stereocenters. The van der Waals surface area contributed by atoms with Gasteiger partial charge in [-0.15, -0.1) is 12.4 Å². The van der Waals surface area contributed by atoms with Crippen LogP contribution in [-0.4, -0.2) is 29.5 Å². The van der Waals surface area contributed by atoms with Crippen molar-refractivity contribution in [2.45, 2.75) is 46.7 Å². The molecule has 0 radical (unpaired) electrons. The molecule has 0 fully saturated rings. The molecule has 0 aliphatic rings. The van der Waals surface area contributed by atoms with Gasteiger partial charge in [-0.3, -0.25) is 4.68 Å². The lowest BCUT2D eigenvalue weighted by atomic mass is 10.2. The van der Waals surface area contributed by atoms with Crippen molar-refractivity contribution < 1.29 is 4.74 Å². The van der Waals surface area contributed by atoms with Gasteiger partial charge in [0.05, 0.1) is 6.20 Å². The van der Waals surface area contributed by atoms with Crippen molar-refractivity contribution in [2.24, 2.45) is 0 Å². The number of ether oxygens (including phenoxy) is 1. The van der Waals surface area contributed by atoms with Gasteiger partial charge in [0.2, 0.25) is 0 Å². The molecule has 1 aromatic heterocycles. The molecular weight excluding hydrogens is 250 g/mol. The predicted molar refractivity (Wildman–Crippen MR) is 77.4 cm³/mol. The smallest absolute Gasteiger partial charge is 0.0537 e. The highest BCUT2D eigenvalue weighted by Crippen LogP contribution is 2.12. The minimum atomic E-state index is 0. The summed E-state index contributed by atoms with van der Waals surface area (Å²) in [4.78, 5) is 0. The molecule has 1 N–H and O–H groups in total. The van der Waals surface area contributed by atoms with Crippen molar-refractivity contribution in [2.75, 3.05) is 19.8 Å². The van der Waals surface area contributed by atoms with Crippen LogP contribution in [0.15, 0.2) is 6.20 Å². The van der Waals surface area contributed by atoms with Gasteiger partial charge in [0.1, 0.15) is 0 Å². The fraction of sp³-hybridized carbons (Fsp3) is 0.769. The highest BCUT2D eigenvalue weighted by Gasteiger charge is 2.07. The molecule has 5 heteroatoms. The van der Waals surface area contributed by atoms with Crippen molar-refractivity contribution in [1.29, 1.82) is 0 Å². The summed E-state index contributed by atoms with van der Waals surface area (Å²) in [5.74, 6) is 0. The Hall–Kier alpha value is -0.580. The van der Waals surface area contributed by atoms with Crippen LogP contribution in [-0.2, 0) is 11.3 Å². The number of hydrogen-bond donors (Lipinski definition) is 1. The summed E-state index contributed by atoms with van der Waals surface area (Å²) in [6.45, 7) is 12.0. The average molecular weight is 276 g/mol. The third-order valence-corrected chi connectivity index (χ3v) is 2.80. The Balaban J connectivity index is 0.00000289. The number of hydrogen-bond acceptors (Lipinski definition) is 3. The van der Waals surface area contributed by atoms with Gasteiger partial charge >= 0.3 is 0 Å². The molecular formula is C13H26ClN3O. The van der Waals surface area contributed by atoms with E-state index in [1.54, 1.807) is 0 Å². The van der Waals surface area contributed by atoms with Gasteiger partial charge in [-0.05, 0) is 40.7 Å². The molecule has 0 atom stereocenters. The maximum Gasteiger partial charge on any atom is 0.0537 e. The fourth-order valence-corrected chi connectivity index (χ4v) is 1.82. The lowest BCUT2D eigenvalue weighted by molar-refractivity contribution is 0.144. The van der Waals surface area contributed by atoms with E-state index in [9.17, 15) is 0 Å². The number of nitrogens with zero attached hydrogens (tertiary/aromatic N) is 2. The van der Waals surface area contributed by atoms with Gasteiger partial charge in [0, 0.05) is 37.1 Å². The molecule has 0 aromatic carbocycles. The standard InChI is InChI=1S/C13H25N3O.ClH/c1-5-17-8-6-7-14-9-13-10-15-16(11(2)3)12(13)4;/h10-11,14H,5-9H2,1-4H3;1H. The third-order valence-electron chi connectivity index (χ3n) is 2.80. The van der Waals surface area contributed by atoms with E-state index >= 15 is 0 Å². The molecule has 18 heavy (non-hydrogen) atoms. The molecule has 0 saturated carbocycles. The first-order valence-electron chi connectivity index (χ1n) is 6.48. The zero-order valence-corrected chi connectivity index (χ0v) is 12.7. The molecule has 1 heterocycles. The van der Waals surface area contributed by atoms with E-state index in [1.165, 1.54) is 11.3 Å². The number of rotatable bonds is 8. The molecule has 1 rings (SSSR count). The maximum atomic E-state index is 5.29. The lowest BCUT2D eigenvalue weighted by Gasteiger charge is -2.09. The monoisotopic (exact) mass is 275 g/mol. The molecule has 0 saturated heterocycles. The van der Waals surface area contributed by atoms with Gasteiger partial charge in [-0.2, -0.15) is 5.10 Å². The summed E-state index contributed by atoms with van der Waals surface area (Å²) in [6, 6.07) is 0.432. The number of aromatic nitrogens is 2. The van der Waals surface area contributed by atoms with E-state index in [0.29, 0.717) is 6.04 Å². The predicted octanol–water partition coefficient (Wildman–Crippen LogP) is 2.71. The Labute approximate surface area is 117 Å². The summed E-state index contributed by atoms with van der Waals surface area (Å²) >= 11 is 0. The molecule has 0 aliphatic carbocycles. The molecule has 0 bridgehead atoms.